The SMILES string of the molecule is O=C1N[C@@H](Cc2c(-c3cccs3)[nH]c3ccccc23)C(=O)N2CCC[C@H]12. The Morgan fingerprint density at radius 3 is 2.88 bits per heavy atom. The second kappa shape index (κ2) is 5.99. The van der Waals surface area contributed by atoms with E-state index in [0.29, 0.717) is 13.0 Å². The molecule has 0 radical (unpaired) electrons. The number of para-hydroxylation sites is 1. The lowest BCUT2D eigenvalue weighted by Gasteiger charge is -2.34. The van der Waals surface area contributed by atoms with Gasteiger partial charge >= 0.3 is 0 Å². The van der Waals surface area contributed by atoms with E-state index in [4.69, 9.17) is 0 Å². The molecule has 0 spiro atoms. The molecule has 2 aromatic heterocycles. The zero-order chi connectivity index (χ0) is 17.7. The minimum atomic E-state index is -0.491. The van der Waals surface area contributed by atoms with Crippen LogP contribution >= 0.6 is 11.3 Å². The van der Waals surface area contributed by atoms with Crippen molar-refractivity contribution in [1.29, 1.82) is 0 Å². The number of nitrogens with zero attached hydrogens (tertiary/aromatic N) is 1. The third-order valence-electron chi connectivity index (χ3n) is 5.44. The molecule has 6 heteroatoms. The molecule has 3 aromatic rings. The number of benzene rings is 1. The van der Waals surface area contributed by atoms with E-state index in [2.05, 4.69) is 22.4 Å². The third kappa shape index (κ3) is 2.36. The number of aromatic nitrogens is 1. The van der Waals surface area contributed by atoms with Crippen molar-refractivity contribution >= 4 is 34.1 Å². The third-order valence-corrected chi connectivity index (χ3v) is 6.33. The van der Waals surface area contributed by atoms with Crippen molar-refractivity contribution in [2.45, 2.75) is 31.3 Å². The number of hydrogen-bond donors (Lipinski definition) is 2. The molecule has 26 heavy (non-hydrogen) atoms. The van der Waals surface area contributed by atoms with E-state index in [1.807, 2.05) is 29.6 Å². The summed E-state index contributed by atoms with van der Waals surface area (Å²) < 4.78 is 0. The van der Waals surface area contributed by atoms with Gasteiger partial charge in [-0.2, -0.15) is 0 Å². The standard InChI is InChI=1S/C20H19N3O2S/c24-19-16-7-3-9-23(16)20(25)15(22-19)11-13-12-5-1-2-6-14(12)21-18(13)17-8-4-10-26-17/h1-2,4-6,8,10,15-16,21H,3,7,9,11H2,(H,22,24)/t15-,16+/m0/s1. The molecule has 1 aromatic carbocycles. The van der Waals surface area contributed by atoms with E-state index in [1.165, 1.54) is 0 Å². The first-order valence-electron chi connectivity index (χ1n) is 8.96. The molecule has 2 amide bonds. The number of nitrogens with one attached hydrogen (secondary N) is 2. The Labute approximate surface area is 155 Å². The van der Waals surface area contributed by atoms with E-state index in [0.717, 1.165) is 39.9 Å². The minimum Gasteiger partial charge on any atom is -0.354 e. The maximum atomic E-state index is 12.9. The maximum absolute atomic E-state index is 12.9. The van der Waals surface area contributed by atoms with Crippen LogP contribution in [0.15, 0.2) is 41.8 Å². The fourth-order valence-corrected chi connectivity index (χ4v) is 4.97. The Balaban J connectivity index is 1.56. The van der Waals surface area contributed by atoms with Gasteiger partial charge < -0.3 is 15.2 Å². The van der Waals surface area contributed by atoms with Gasteiger partial charge in [-0.05, 0) is 35.9 Å². The number of amides is 2. The molecule has 132 valence electrons. The fraction of sp³-hybridized carbons (Fsp3) is 0.300. The van der Waals surface area contributed by atoms with E-state index >= 15 is 0 Å². The summed E-state index contributed by atoms with van der Waals surface area (Å²) in [7, 11) is 0. The Morgan fingerprint density at radius 1 is 1.15 bits per heavy atom. The molecular formula is C20H19N3O2S. The van der Waals surface area contributed by atoms with Crippen LogP contribution in [-0.2, 0) is 16.0 Å². The molecule has 2 N–H and O–H groups in total. The quantitative estimate of drug-likeness (QED) is 0.749. The van der Waals surface area contributed by atoms with Crippen LogP contribution < -0.4 is 5.32 Å². The summed E-state index contributed by atoms with van der Waals surface area (Å²) in [5.74, 6) is 0.0409. The van der Waals surface area contributed by atoms with Gasteiger partial charge in [0, 0.05) is 23.9 Å². The lowest BCUT2D eigenvalue weighted by Crippen LogP contribution is -2.61. The minimum absolute atomic E-state index is 0.00962. The highest BCUT2D eigenvalue weighted by atomic mass is 32.1. The molecule has 2 aliphatic rings. The molecule has 0 bridgehead atoms. The van der Waals surface area contributed by atoms with Crippen molar-refractivity contribution < 1.29 is 9.59 Å². The summed E-state index contributed by atoms with van der Waals surface area (Å²) in [5, 5.41) is 6.13. The Hall–Kier alpha value is -2.60. The van der Waals surface area contributed by atoms with Crippen molar-refractivity contribution in [3.63, 3.8) is 0 Å². The van der Waals surface area contributed by atoms with Crippen LogP contribution in [-0.4, -0.2) is 40.3 Å². The van der Waals surface area contributed by atoms with E-state index in [9.17, 15) is 9.59 Å². The lowest BCUT2D eigenvalue weighted by molar-refractivity contribution is -0.146. The second-order valence-corrected chi connectivity index (χ2v) is 7.90. The number of piperazine rings is 1. The zero-order valence-electron chi connectivity index (χ0n) is 14.2. The Morgan fingerprint density at radius 2 is 2.04 bits per heavy atom. The molecular weight excluding hydrogens is 346 g/mol. The summed E-state index contributed by atoms with van der Waals surface area (Å²) in [6.07, 6.45) is 2.19. The average Bonchev–Trinajstić information content (AvgIpc) is 3.38. The van der Waals surface area contributed by atoms with Crippen molar-refractivity contribution in [3.8, 4) is 10.6 Å². The predicted octanol–water partition coefficient (Wildman–Crippen LogP) is 2.93. The summed E-state index contributed by atoms with van der Waals surface area (Å²) in [6, 6.07) is 11.5. The van der Waals surface area contributed by atoms with Gasteiger partial charge in [-0.25, -0.2) is 0 Å². The molecule has 0 unspecified atom stereocenters. The lowest BCUT2D eigenvalue weighted by atomic mass is 9.98. The van der Waals surface area contributed by atoms with E-state index < -0.39 is 6.04 Å². The molecule has 2 fully saturated rings. The highest BCUT2D eigenvalue weighted by Gasteiger charge is 2.43. The van der Waals surface area contributed by atoms with Crippen molar-refractivity contribution in [2.75, 3.05) is 6.54 Å². The van der Waals surface area contributed by atoms with Crippen LogP contribution in [0.25, 0.3) is 21.5 Å². The molecule has 2 saturated heterocycles. The van der Waals surface area contributed by atoms with Gasteiger partial charge in [0.15, 0.2) is 0 Å². The molecule has 5 rings (SSSR count). The van der Waals surface area contributed by atoms with Gasteiger partial charge in [-0.1, -0.05) is 24.3 Å². The normalized spacial score (nSPS) is 22.7. The average molecular weight is 365 g/mol. The fourth-order valence-electron chi connectivity index (χ4n) is 4.22. The molecule has 2 atom stereocenters. The molecule has 4 heterocycles. The smallest absolute Gasteiger partial charge is 0.246 e. The van der Waals surface area contributed by atoms with Gasteiger partial charge in [-0.3, -0.25) is 9.59 Å². The number of carbonyl (C=O) groups is 2. The largest absolute Gasteiger partial charge is 0.354 e. The van der Waals surface area contributed by atoms with Crippen molar-refractivity contribution in [2.24, 2.45) is 0 Å². The summed E-state index contributed by atoms with van der Waals surface area (Å²) in [6.45, 7) is 0.694. The number of aromatic amines is 1. The first kappa shape index (κ1) is 15.6. The van der Waals surface area contributed by atoms with Crippen molar-refractivity contribution in [3.05, 3.63) is 47.3 Å². The topological polar surface area (TPSA) is 65.2 Å². The monoisotopic (exact) mass is 365 g/mol. The number of carbonyl (C=O) groups excluding carboxylic acids is 2. The van der Waals surface area contributed by atoms with Crippen molar-refractivity contribution in [1.82, 2.24) is 15.2 Å². The summed E-state index contributed by atoms with van der Waals surface area (Å²) in [4.78, 5) is 31.8. The van der Waals surface area contributed by atoms with Gasteiger partial charge in [0.25, 0.3) is 0 Å². The predicted molar refractivity (Wildman–Crippen MR) is 102 cm³/mol. The summed E-state index contributed by atoms with van der Waals surface area (Å²) >= 11 is 1.67. The second-order valence-electron chi connectivity index (χ2n) is 6.96. The first-order chi connectivity index (χ1) is 12.7. The van der Waals surface area contributed by atoms with Crippen LogP contribution in [0.3, 0.4) is 0 Å². The van der Waals surface area contributed by atoms with E-state index in [-0.39, 0.29) is 17.9 Å². The maximum Gasteiger partial charge on any atom is 0.246 e. The first-order valence-corrected chi connectivity index (χ1v) is 9.84. The number of hydrogen-bond acceptors (Lipinski definition) is 3. The molecule has 0 aliphatic carbocycles. The van der Waals surface area contributed by atoms with E-state index in [1.54, 1.807) is 16.2 Å². The number of H-pyrrole nitrogens is 1. The number of fused-ring (bicyclic) bond motifs is 2. The Bertz CT molecular complexity index is 992. The summed E-state index contributed by atoms with van der Waals surface area (Å²) in [5.41, 5.74) is 3.20. The van der Waals surface area contributed by atoms with Crippen LogP contribution in [0, 0.1) is 0 Å². The van der Waals surface area contributed by atoms with Gasteiger partial charge in [0.1, 0.15) is 12.1 Å². The van der Waals surface area contributed by atoms with Gasteiger partial charge in [-0.15, -0.1) is 11.3 Å². The van der Waals surface area contributed by atoms with Crippen LogP contribution in [0.5, 0.6) is 0 Å². The highest BCUT2D eigenvalue weighted by molar-refractivity contribution is 7.13. The van der Waals surface area contributed by atoms with Crippen LogP contribution in [0.1, 0.15) is 18.4 Å². The highest BCUT2D eigenvalue weighted by Crippen LogP contribution is 2.34. The zero-order valence-corrected chi connectivity index (χ0v) is 15.0. The van der Waals surface area contributed by atoms with Crippen LogP contribution in [0.4, 0.5) is 0 Å². The number of thiophene rings is 1. The molecule has 0 saturated carbocycles. The molecule has 2 aliphatic heterocycles. The molecule has 5 nitrogen and oxygen atoms in total. The van der Waals surface area contributed by atoms with Gasteiger partial charge in [0.2, 0.25) is 11.8 Å². The number of rotatable bonds is 3. The Kier molecular flexibility index (Phi) is 3.60. The van der Waals surface area contributed by atoms with Gasteiger partial charge in [0.05, 0.1) is 10.6 Å². The van der Waals surface area contributed by atoms with Crippen LogP contribution in [0.2, 0.25) is 0 Å².